The monoisotopic (exact) mass is 253 g/mol. The standard InChI is InChI=1S/C14H20ClNO/c1-9(2)13(8-15)16-14(17)12-6-10(3)5-11(4)7-12/h5-7,9,13H,8H2,1-4H3,(H,16,17). The van der Waals surface area contributed by atoms with Crippen molar-refractivity contribution in [3.05, 3.63) is 34.9 Å². The fourth-order valence-corrected chi connectivity index (χ4v) is 2.17. The summed E-state index contributed by atoms with van der Waals surface area (Å²) in [6.07, 6.45) is 0. The average molecular weight is 254 g/mol. The zero-order chi connectivity index (χ0) is 13.0. The molecule has 0 fully saturated rings. The van der Waals surface area contributed by atoms with Crippen molar-refractivity contribution in [1.82, 2.24) is 5.32 Å². The smallest absolute Gasteiger partial charge is 0.251 e. The van der Waals surface area contributed by atoms with Crippen molar-refractivity contribution in [3.8, 4) is 0 Å². The van der Waals surface area contributed by atoms with Gasteiger partial charge >= 0.3 is 0 Å². The Morgan fingerprint density at radius 3 is 2.18 bits per heavy atom. The van der Waals surface area contributed by atoms with Crippen LogP contribution in [0.2, 0.25) is 0 Å². The first-order chi connectivity index (χ1) is 7.93. The lowest BCUT2D eigenvalue weighted by atomic mass is 10.0. The molecule has 0 aromatic heterocycles. The molecule has 0 radical (unpaired) electrons. The Morgan fingerprint density at radius 1 is 1.24 bits per heavy atom. The number of alkyl halides is 1. The number of nitrogens with one attached hydrogen (secondary N) is 1. The molecule has 3 heteroatoms. The Hall–Kier alpha value is -1.02. The van der Waals surface area contributed by atoms with Gasteiger partial charge in [-0.1, -0.05) is 31.0 Å². The SMILES string of the molecule is Cc1cc(C)cc(C(=O)NC(CCl)C(C)C)c1. The van der Waals surface area contributed by atoms with E-state index in [-0.39, 0.29) is 11.9 Å². The topological polar surface area (TPSA) is 29.1 Å². The Bertz CT molecular complexity index is 381. The summed E-state index contributed by atoms with van der Waals surface area (Å²) in [5.41, 5.74) is 2.91. The molecule has 2 nitrogen and oxygen atoms in total. The van der Waals surface area contributed by atoms with Gasteiger partial charge in [-0.25, -0.2) is 0 Å². The van der Waals surface area contributed by atoms with E-state index in [0.717, 1.165) is 11.1 Å². The number of hydrogen-bond acceptors (Lipinski definition) is 1. The van der Waals surface area contributed by atoms with Crippen LogP contribution in [0, 0.1) is 19.8 Å². The molecular weight excluding hydrogens is 234 g/mol. The Labute approximate surface area is 108 Å². The molecule has 1 atom stereocenters. The van der Waals surface area contributed by atoms with Crippen LogP contribution in [0.4, 0.5) is 0 Å². The molecule has 0 saturated heterocycles. The number of hydrogen-bond donors (Lipinski definition) is 1. The largest absolute Gasteiger partial charge is 0.348 e. The molecule has 1 amide bonds. The lowest BCUT2D eigenvalue weighted by molar-refractivity contribution is 0.0931. The maximum atomic E-state index is 12.1. The van der Waals surface area contributed by atoms with E-state index in [4.69, 9.17) is 11.6 Å². The van der Waals surface area contributed by atoms with E-state index in [1.165, 1.54) is 0 Å². The van der Waals surface area contributed by atoms with Gasteiger partial charge in [0.05, 0.1) is 0 Å². The molecule has 0 aliphatic carbocycles. The molecule has 1 rings (SSSR count). The highest BCUT2D eigenvalue weighted by atomic mass is 35.5. The second-order valence-corrected chi connectivity index (χ2v) is 5.16. The maximum Gasteiger partial charge on any atom is 0.251 e. The van der Waals surface area contributed by atoms with E-state index in [0.29, 0.717) is 17.4 Å². The Balaban J connectivity index is 2.82. The Kier molecular flexibility index (Phi) is 5.01. The highest BCUT2D eigenvalue weighted by Crippen LogP contribution is 2.10. The van der Waals surface area contributed by atoms with Gasteiger partial charge in [0, 0.05) is 17.5 Å². The third-order valence-corrected chi connectivity index (χ3v) is 3.10. The van der Waals surface area contributed by atoms with Crippen LogP contribution in [0.25, 0.3) is 0 Å². The summed E-state index contributed by atoms with van der Waals surface area (Å²) in [6.45, 7) is 8.08. The number of amides is 1. The number of halogens is 1. The molecular formula is C14H20ClNO. The summed E-state index contributed by atoms with van der Waals surface area (Å²) in [7, 11) is 0. The van der Waals surface area contributed by atoms with Crippen LogP contribution >= 0.6 is 11.6 Å². The normalized spacial score (nSPS) is 12.6. The zero-order valence-corrected chi connectivity index (χ0v) is 11.6. The molecule has 1 N–H and O–H groups in total. The molecule has 1 aromatic carbocycles. The fourth-order valence-electron chi connectivity index (χ4n) is 1.74. The molecule has 0 aliphatic heterocycles. The quantitative estimate of drug-likeness (QED) is 0.820. The van der Waals surface area contributed by atoms with Crippen molar-refractivity contribution in [1.29, 1.82) is 0 Å². The Morgan fingerprint density at radius 2 is 1.76 bits per heavy atom. The number of benzene rings is 1. The first-order valence-corrected chi connectivity index (χ1v) is 6.42. The van der Waals surface area contributed by atoms with Crippen molar-refractivity contribution < 1.29 is 4.79 Å². The van der Waals surface area contributed by atoms with E-state index in [9.17, 15) is 4.79 Å². The minimum absolute atomic E-state index is 0.0185. The second kappa shape index (κ2) is 6.06. The molecule has 94 valence electrons. The molecule has 17 heavy (non-hydrogen) atoms. The third kappa shape index (κ3) is 4.04. The summed E-state index contributed by atoms with van der Waals surface area (Å²) in [6, 6.07) is 5.87. The summed E-state index contributed by atoms with van der Waals surface area (Å²) >= 11 is 5.84. The highest BCUT2D eigenvalue weighted by molar-refractivity contribution is 6.18. The predicted molar refractivity (Wildman–Crippen MR) is 72.7 cm³/mol. The van der Waals surface area contributed by atoms with Crippen molar-refractivity contribution in [2.45, 2.75) is 33.7 Å². The van der Waals surface area contributed by atoms with Gasteiger partial charge in [-0.05, 0) is 31.9 Å². The zero-order valence-electron chi connectivity index (χ0n) is 10.9. The molecule has 1 aromatic rings. The van der Waals surface area contributed by atoms with E-state index in [1.807, 2.05) is 26.0 Å². The average Bonchev–Trinajstić information content (AvgIpc) is 2.23. The molecule has 0 aliphatic rings. The van der Waals surface area contributed by atoms with Crippen LogP contribution in [0.3, 0.4) is 0 Å². The van der Waals surface area contributed by atoms with Gasteiger partial charge in [0.25, 0.3) is 5.91 Å². The summed E-state index contributed by atoms with van der Waals surface area (Å²) in [5.74, 6) is 0.729. The van der Waals surface area contributed by atoms with Gasteiger partial charge < -0.3 is 5.32 Å². The van der Waals surface area contributed by atoms with E-state index >= 15 is 0 Å². The minimum Gasteiger partial charge on any atom is -0.348 e. The van der Waals surface area contributed by atoms with Crippen molar-refractivity contribution >= 4 is 17.5 Å². The predicted octanol–water partition coefficient (Wildman–Crippen LogP) is 3.30. The van der Waals surface area contributed by atoms with Crippen LogP contribution in [0.5, 0.6) is 0 Å². The van der Waals surface area contributed by atoms with Crippen LogP contribution in [-0.4, -0.2) is 17.8 Å². The van der Waals surface area contributed by atoms with Gasteiger partial charge in [0.2, 0.25) is 0 Å². The van der Waals surface area contributed by atoms with Crippen LogP contribution in [0.15, 0.2) is 18.2 Å². The lowest BCUT2D eigenvalue weighted by Gasteiger charge is -2.20. The first-order valence-electron chi connectivity index (χ1n) is 5.89. The van der Waals surface area contributed by atoms with Crippen LogP contribution in [-0.2, 0) is 0 Å². The summed E-state index contributed by atoms with van der Waals surface area (Å²) in [4.78, 5) is 12.1. The van der Waals surface area contributed by atoms with Gasteiger partial charge in [0.1, 0.15) is 0 Å². The molecule has 0 spiro atoms. The third-order valence-electron chi connectivity index (χ3n) is 2.77. The summed E-state index contributed by atoms with van der Waals surface area (Å²) < 4.78 is 0. The van der Waals surface area contributed by atoms with Crippen molar-refractivity contribution in [2.24, 2.45) is 5.92 Å². The second-order valence-electron chi connectivity index (χ2n) is 4.85. The van der Waals surface area contributed by atoms with Gasteiger partial charge in [0.15, 0.2) is 0 Å². The van der Waals surface area contributed by atoms with Gasteiger partial charge in [-0.3, -0.25) is 4.79 Å². The lowest BCUT2D eigenvalue weighted by Crippen LogP contribution is -2.39. The molecule has 0 heterocycles. The fraction of sp³-hybridized carbons (Fsp3) is 0.500. The van der Waals surface area contributed by atoms with E-state index < -0.39 is 0 Å². The van der Waals surface area contributed by atoms with Gasteiger partial charge in [-0.15, -0.1) is 11.6 Å². The van der Waals surface area contributed by atoms with Crippen LogP contribution in [0.1, 0.15) is 35.3 Å². The van der Waals surface area contributed by atoms with E-state index in [2.05, 4.69) is 25.2 Å². The molecule has 0 saturated carbocycles. The molecule has 0 bridgehead atoms. The number of carbonyl (C=O) groups is 1. The molecule has 1 unspecified atom stereocenters. The minimum atomic E-state index is -0.0452. The van der Waals surface area contributed by atoms with E-state index in [1.54, 1.807) is 0 Å². The number of carbonyl (C=O) groups excluding carboxylic acids is 1. The van der Waals surface area contributed by atoms with Crippen molar-refractivity contribution in [3.63, 3.8) is 0 Å². The first kappa shape index (κ1) is 14.0. The van der Waals surface area contributed by atoms with Gasteiger partial charge in [-0.2, -0.15) is 0 Å². The number of aryl methyl sites for hydroxylation is 2. The number of rotatable bonds is 4. The highest BCUT2D eigenvalue weighted by Gasteiger charge is 2.16. The summed E-state index contributed by atoms with van der Waals surface area (Å²) in [5, 5.41) is 2.97. The maximum absolute atomic E-state index is 12.1. The van der Waals surface area contributed by atoms with Crippen LogP contribution < -0.4 is 5.32 Å². The van der Waals surface area contributed by atoms with Crippen molar-refractivity contribution in [2.75, 3.05) is 5.88 Å².